The summed E-state index contributed by atoms with van der Waals surface area (Å²) in [5.74, 6) is 1.74. The van der Waals surface area contributed by atoms with Crippen LogP contribution >= 0.6 is 0 Å². The molecular formula is C51H30N4O2. The van der Waals surface area contributed by atoms with E-state index in [1.54, 1.807) is 0 Å². The van der Waals surface area contributed by atoms with E-state index in [-0.39, 0.29) is 0 Å². The van der Waals surface area contributed by atoms with E-state index >= 15 is 0 Å². The van der Waals surface area contributed by atoms with Gasteiger partial charge in [0.2, 0.25) is 0 Å². The highest BCUT2D eigenvalue weighted by atomic mass is 16.3. The molecule has 6 heteroatoms. The molecule has 0 aliphatic carbocycles. The fourth-order valence-electron chi connectivity index (χ4n) is 8.45. The third-order valence-electron chi connectivity index (χ3n) is 11.1. The SMILES string of the molecule is c1ccc(-c2nc(-c3ccc4c(c3)oc3ccccc34)nc(-c3cccc4c5ccccc5n(-c5ccc6c(c5)oc5c(-c7ccccc7)cccc56)c34)n2)cc1. The van der Waals surface area contributed by atoms with Crippen LogP contribution in [-0.4, -0.2) is 19.5 Å². The number of fused-ring (bicyclic) bond motifs is 9. The number of benzene rings is 8. The van der Waals surface area contributed by atoms with E-state index in [1.807, 2.05) is 60.7 Å². The van der Waals surface area contributed by atoms with Gasteiger partial charge in [-0.3, -0.25) is 0 Å². The predicted molar refractivity (Wildman–Crippen MR) is 230 cm³/mol. The Balaban J connectivity index is 1.09. The zero-order valence-electron chi connectivity index (χ0n) is 30.4. The molecule has 0 saturated carbocycles. The van der Waals surface area contributed by atoms with Gasteiger partial charge >= 0.3 is 0 Å². The quantitative estimate of drug-likeness (QED) is 0.176. The van der Waals surface area contributed by atoms with Gasteiger partial charge in [-0.2, -0.15) is 0 Å². The molecule has 0 fully saturated rings. The molecule has 0 bridgehead atoms. The van der Waals surface area contributed by atoms with E-state index in [9.17, 15) is 0 Å². The highest BCUT2D eigenvalue weighted by Crippen LogP contribution is 2.41. The number of hydrogen-bond acceptors (Lipinski definition) is 5. The molecule has 0 saturated heterocycles. The summed E-state index contributed by atoms with van der Waals surface area (Å²) in [6.45, 7) is 0. The van der Waals surface area contributed by atoms with Crippen molar-refractivity contribution in [1.82, 2.24) is 19.5 Å². The zero-order valence-corrected chi connectivity index (χ0v) is 30.4. The van der Waals surface area contributed by atoms with Gasteiger partial charge in [0.1, 0.15) is 22.3 Å². The standard InChI is InChI=1S/C51H30N4O2/c1-3-13-31(14-4-1)35-19-11-21-41-39-28-26-34(30-46(39)57-48(35)41)55-43-23-9-7-17-36(43)40-20-12-22-42(47(40)55)51-53-49(32-15-5-2-6-16-32)52-50(54-51)33-25-27-38-37-18-8-10-24-44(37)56-45(38)29-33/h1-30H. The number of para-hydroxylation sites is 4. The summed E-state index contributed by atoms with van der Waals surface area (Å²) < 4.78 is 15.4. The largest absolute Gasteiger partial charge is 0.456 e. The molecular weight excluding hydrogens is 701 g/mol. The molecule has 57 heavy (non-hydrogen) atoms. The molecule has 12 aromatic rings. The summed E-state index contributed by atoms with van der Waals surface area (Å²) in [7, 11) is 0. The fraction of sp³-hybridized carbons (Fsp3) is 0. The van der Waals surface area contributed by atoms with Gasteiger partial charge in [0.25, 0.3) is 0 Å². The number of hydrogen-bond donors (Lipinski definition) is 0. The maximum Gasteiger partial charge on any atom is 0.166 e. The lowest BCUT2D eigenvalue weighted by Gasteiger charge is -2.13. The lowest BCUT2D eigenvalue weighted by atomic mass is 10.0. The maximum atomic E-state index is 6.74. The molecule has 4 heterocycles. The second-order valence-corrected chi connectivity index (χ2v) is 14.4. The molecule has 8 aromatic carbocycles. The van der Waals surface area contributed by atoms with Crippen LogP contribution in [0.4, 0.5) is 0 Å². The summed E-state index contributed by atoms with van der Waals surface area (Å²) in [6, 6.07) is 62.6. The van der Waals surface area contributed by atoms with Gasteiger partial charge in [0.15, 0.2) is 17.5 Å². The zero-order chi connectivity index (χ0) is 37.5. The Morgan fingerprint density at radius 1 is 0.351 bits per heavy atom. The van der Waals surface area contributed by atoms with Crippen LogP contribution in [-0.2, 0) is 0 Å². The highest BCUT2D eigenvalue weighted by Gasteiger charge is 2.21. The molecule has 0 amide bonds. The summed E-state index contributed by atoms with van der Waals surface area (Å²) in [5, 5.41) is 6.54. The Bertz CT molecular complexity index is 3530. The van der Waals surface area contributed by atoms with E-state index in [1.165, 1.54) is 0 Å². The Kier molecular flexibility index (Phi) is 6.83. The second kappa shape index (κ2) is 12.3. The van der Waals surface area contributed by atoms with E-state index in [0.717, 1.165) is 99.2 Å². The van der Waals surface area contributed by atoms with E-state index in [2.05, 4.69) is 126 Å². The summed E-state index contributed by atoms with van der Waals surface area (Å²) in [5.41, 5.74) is 11.2. The first-order valence-corrected chi connectivity index (χ1v) is 19.0. The van der Waals surface area contributed by atoms with Crippen LogP contribution < -0.4 is 0 Å². The number of rotatable bonds is 5. The molecule has 12 rings (SSSR count). The van der Waals surface area contributed by atoms with Crippen LogP contribution in [0.25, 0.3) is 117 Å². The minimum absolute atomic E-state index is 0.568. The van der Waals surface area contributed by atoms with Crippen molar-refractivity contribution in [3.05, 3.63) is 182 Å². The van der Waals surface area contributed by atoms with Gasteiger partial charge in [-0.15, -0.1) is 0 Å². The van der Waals surface area contributed by atoms with Crippen molar-refractivity contribution in [2.75, 3.05) is 0 Å². The van der Waals surface area contributed by atoms with E-state index in [4.69, 9.17) is 23.8 Å². The number of furan rings is 2. The maximum absolute atomic E-state index is 6.74. The Labute approximate surface area is 325 Å². The van der Waals surface area contributed by atoms with Crippen LogP contribution in [0.15, 0.2) is 191 Å². The molecule has 4 aromatic heterocycles. The van der Waals surface area contributed by atoms with Crippen molar-refractivity contribution in [1.29, 1.82) is 0 Å². The van der Waals surface area contributed by atoms with E-state index < -0.39 is 0 Å². The van der Waals surface area contributed by atoms with Crippen molar-refractivity contribution in [3.63, 3.8) is 0 Å². The van der Waals surface area contributed by atoms with Crippen molar-refractivity contribution in [2.24, 2.45) is 0 Å². The lowest BCUT2D eigenvalue weighted by molar-refractivity contribution is 0.669. The molecule has 0 N–H and O–H groups in total. The summed E-state index contributed by atoms with van der Waals surface area (Å²) >= 11 is 0. The third-order valence-corrected chi connectivity index (χ3v) is 11.1. The molecule has 0 aliphatic rings. The minimum Gasteiger partial charge on any atom is -0.456 e. The van der Waals surface area contributed by atoms with Crippen LogP contribution in [0.5, 0.6) is 0 Å². The number of nitrogens with zero attached hydrogens (tertiary/aromatic N) is 4. The van der Waals surface area contributed by atoms with Crippen LogP contribution in [0.2, 0.25) is 0 Å². The minimum atomic E-state index is 0.568. The predicted octanol–water partition coefficient (Wildman–Crippen LogP) is 13.4. The first-order valence-electron chi connectivity index (χ1n) is 19.0. The summed E-state index contributed by atoms with van der Waals surface area (Å²) in [4.78, 5) is 15.5. The molecule has 0 atom stereocenters. The fourth-order valence-corrected chi connectivity index (χ4v) is 8.45. The molecule has 0 spiro atoms. The van der Waals surface area contributed by atoms with Gasteiger partial charge in [-0.1, -0.05) is 133 Å². The van der Waals surface area contributed by atoms with Gasteiger partial charge in [-0.05, 0) is 48.0 Å². The summed E-state index contributed by atoms with van der Waals surface area (Å²) in [6.07, 6.45) is 0. The monoisotopic (exact) mass is 730 g/mol. The lowest BCUT2D eigenvalue weighted by Crippen LogP contribution is -2.02. The number of aromatic nitrogens is 4. The first kappa shape index (κ1) is 31.5. The normalized spacial score (nSPS) is 11.9. The third kappa shape index (κ3) is 4.94. The Hall–Kier alpha value is -7.83. The smallest absolute Gasteiger partial charge is 0.166 e. The van der Waals surface area contributed by atoms with Gasteiger partial charge in [-0.25, -0.2) is 15.0 Å². The van der Waals surface area contributed by atoms with Crippen LogP contribution in [0.1, 0.15) is 0 Å². The van der Waals surface area contributed by atoms with Gasteiger partial charge in [0, 0.05) is 66.3 Å². The molecule has 6 nitrogen and oxygen atoms in total. The Morgan fingerprint density at radius 2 is 0.947 bits per heavy atom. The average Bonchev–Trinajstić information content (AvgIpc) is 3.96. The topological polar surface area (TPSA) is 69.9 Å². The highest BCUT2D eigenvalue weighted by molar-refractivity contribution is 6.14. The van der Waals surface area contributed by atoms with E-state index in [0.29, 0.717) is 17.5 Å². The Morgan fingerprint density at radius 3 is 1.79 bits per heavy atom. The average molecular weight is 731 g/mol. The molecule has 0 aliphatic heterocycles. The van der Waals surface area contributed by atoms with Crippen LogP contribution in [0.3, 0.4) is 0 Å². The van der Waals surface area contributed by atoms with Gasteiger partial charge in [0.05, 0.1) is 11.0 Å². The first-order chi connectivity index (χ1) is 28.2. The molecule has 0 unspecified atom stereocenters. The van der Waals surface area contributed by atoms with Crippen molar-refractivity contribution in [2.45, 2.75) is 0 Å². The van der Waals surface area contributed by atoms with Crippen molar-refractivity contribution < 1.29 is 8.83 Å². The van der Waals surface area contributed by atoms with Crippen molar-refractivity contribution >= 4 is 65.7 Å². The van der Waals surface area contributed by atoms with Crippen molar-refractivity contribution in [3.8, 4) is 51.0 Å². The molecule has 0 radical (unpaired) electrons. The second-order valence-electron chi connectivity index (χ2n) is 14.4. The molecule has 266 valence electrons. The van der Waals surface area contributed by atoms with Gasteiger partial charge < -0.3 is 13.4 Å². The van der Waals surface area contributed by atoms with Crippen LogP contribution in [0, 0.1) is 0 Å².